The van der Waals surface area contributed by atoms with Crippen LogP contribution in [0.3, 0.4) is 0 Å². The Bertz CT molecular complexity index is 816. The van der Waals surface area contributed by atoms with Gasteiger partial charge in [0.2, 0.25) is 0 Å². The van der Waals surface area contributed by atoms with E-state index in [9.17, 15) is 14.7 Å². The maximum atomic E-state index is 12.8. The van der Waals surface area contributed by atoms with Gasteiger partial charge in [0.1, 0.15) is 0 Å². The number of benzene rings is 2. The van der Waals surface area contributed by atoms with Crippen LogP contribution in [-0.2, 0) is 10.4 Å². The van der Waals surface area contributed by atoms with Gasteiger partial charge >= 0.3 is 0 Å². The number of fused-ring (bicyclic) bond motifs is 1. The second-order valence-electron chi connectivity index (χ2n) is 5.69. The molecule has 4 nitrogen and oxygen atoms in total. The van der Waals surface area contributed by atoms with E-state index in [4.69, 9.17) is 0 Å². The first kappa shape index (κ1) is 16.9. The number of Topliss-reactive ketones (excluding diaryl/α,β-unsaturated/α-hetero) is 1. The highest BCUT2D eigenvalue weighted by Crippen LogP contribution is 2.42. The molecule has 122 valence electrons. The Kier molecular flexibility index (Phi) is 4.56. The van der Waals surface area contributed by atoms with E-state index in [0.29, 0.717) is 16.8 Å². The number of rotatable bonds is 5. The predicted octanol–water partition coefficient (Wildman–Crippen LogP) is 3.28. The number of amides is 1. The third-order valence-electron chi connectivity index (χ3n) is 4.13. The summed E-state index contributed by atoms with van der Waals surface area (Å²) in [7, 11) is 0. The van der Waals surface area contributed by atoms with Crippen LogP contribution >= 0.6 is 22.6 Å². The SMILES string of the molecule is C=CCN1C(=O)C(O)(CC(=O)c2ccc(I)cc2)c2ccccc21. The lowest BCUT2D eigenvalue weighted by atomic mass is 9.88. The van der Waals surface area contributed by atoms with Gasteiger partial charge in [-0.05, 0) is 40.8 Å². The van der Waals surface area contributed by atoms with Crippen molar-refractivity contribution in [3.63, 3.8) is 0 Å². The van der Waals surface area contributed by atoms with E-state index < -0.39 is 11.5 Å². The first-order chi connectivity index (χ1) is 11.5. The maximum absolute atomic E-state index is 12.8. The van der Waals surface area contributed by atoms with Gasteiger partial charge in [-0.3, -0.25) is 9.59 Å². The molecule has 2 aromatic carbocycles. The van der Waals surface area contributed by atoms with Gasteiger partial charge in [0, 0.05) is 21.2 Å². The van der Waals surface area contributed by atoms with Gasteiger partial charge in [-0.1, -0.05) is 36.4 Å². The van der Waals surface area contributed by atoms with Crippen LogP contribution in [0.25, 0.3) is 0 Å². The Morgan fingerprint density at radius 2 is 1.88 bits per heavy atom. The summed E-state index contributed by atoms with van der Waals surface area (Å²) in [5.41, 5.74) is -0.257. The van der Waals surface area contributed by atoms with Crippen molar-refractivity contribution in [3.8, 4) is 0 Å². The summed E-state index contributed by atoms with van der Waals surface area (Å²) in [6, 6.07) is 14.1. The minimum atomic E-state index is -1.83. The normalized spacial score (nSPS) is 19.2. The number of halogens is 1. The molecule has 0 aliphatic carbocycles. The molecule has 0 saturated carbocycles. The molecule has 0 radical (unpaired) electrons. The topological polar surface area (TPSA) is 57.6 Å². The Balaban J connectivity index is 1.97. The smallest absolute Gasteiger partial charge is 0.264 e. The molecule has 0 fully saturated rings. The number of ketones is 1. The van der Waals surface area contributed by atoms with Crippen molar-refractivity contribution in [2.75, 3.05) is 11.4 Å². The fourth-order valence-corrected chi connectivity index (χ4v) is 3.32. The van der Waals surface area contributed by atoms with Crippen LogP contribution in [0.2, 0.25) is 0 Å². The summed E-state index contributed by atoms with van der Waals surface area (Å²) >= 11 is 2.16. The number of nitrogens with zero attached hydrogens (tertiary/aromatic N) is 1. The average Bonchev–Trinajstić information content (AvgIpc) is 2.78. The molecule has 1 amide bonds. The quantitative estimate of drug-likeness (QED) is 0.448. The molecule has 1 atom stereocenters. The van der Waals surface area contributed by atoms with Crippen molar-refractivity contribution in [1.29, 1.82) is 0 Å². The van der Waals surface area contributed by atoms with Gasteiger partial charge in [-0.2, -0.15) is 0 Å². The van der Waals surface area contributed by atoms with Crippen molar-refractivity contribution in [2.45, 2.75) is 12.0 Å². The molecule has 1 heterocycles. The van der Waals surface area contributed by atoms with E-state index in [1.807, 2.05) is 12.1 Å². The number of anilines is 1. The Labute approximate surface area is 153 Å². The van der Waals surface area contributed by atoms with Gasteiger partial charge in [0.05, 0.1) is 12.1 Å². The summed E-state index contributed by atoms with van der Waals surface area (Å²) in [6.45, 7) is 3.94. The standard InChI is InChI=1S/C19H16INO3/c1-2-11-21-16-6-4-3-5-15(16)19(24,18(21)23)12-17(22)13-7-9-14(20)10-8-13/h2-10,24H,1,11-12H2. The van der Waals surface area contributed by atoms with Gasteiger partial charge < -0.3 is 10.0 Å². The van der Waals surface area contributed by atoms with Crippen LogP contribution in [0.1, 0.15) is 22.3 Å². The first-order valence-electron chi connectivity index (χ1n) is 7.51. The van der Waals surface area contributed by atoms with Crippen LogP contribution < -0.4 is 4.90 Å². The molecule has 0 spiro atoms. The molecule has 0 saturated heterocycles. The summed E-state index contributed by atoms with van der Waals surface area (Å²) < 4.78 is 1.02. The number of carbonyl (C=O) groups is 2. The summed E-state index contributed by atoms with van der Waals surface area (Å²) in [6.07, 6.45) is 1.32. The third kappa shape index (κ3) is 2.78. The van der Waals surface area contributed by atoms with Gasteiger partial charge in [-0.25, -0.2) is 0 Å². The van der Waals surface area contributed by atoms with Crippen molar-refractivity contribution in [1.82, 2.24) is 0 Å². The molecular formula is C19H16INO3. The largest absolute Gasteiger partial charge is 0.375 e. The van der Waals surface area contributed by atoms with E-state index in [2.05, 4.69) is 29.2 Å². The van der Waals surface area contributed by atoms with E-state index in [1.165, 1.54) is 4.90 Å². The van der Waals surface area contributed by atoms with Gasteiger partial charge in [-0.15, -0.1) is 6.58 Å². The second kappa shape index (κ2) is 6.49. The highest BCUT2D eigenvalue weighted by atomic mass is 127. The van der Waals surface area contributed by atoms with Crippen LogP contribution in [0.4, 0.5) is 5.69 Å². The Hall–Kier alpha value is -1.99. The van der Waals surface area contributed by atoms with E-state index in [1.54, 1.807) is 42.5 Å². The van der Waals surface area contributed by atoms with Crippen LogP contribution in [0.15, 0.2) is 61.2 Å². The van der Waals surface area contributed by atoms with Crippen LogP contribution in [0.5, 0.6) is 0 Å². The molecular weight excluding hydrogens is 417 g/mol. The minimum absolute atomic E-state index is 0.266. The number of hydrogen-bond acceptors (Lipinski definition) is 3. The third-order valence-corrected chi connectivity index (χ3v) is 4.85. The van der Waals surface area contributed by atoms with Crippen molar-refractivity contribution in [2.24, 2.45) is 0 Å². The zero-order valence-electron chi connectivity index (χ0n) is 12.9. The second-order valence-corrected chi connectivity index (χ2v) is 6.93. The fraction of sp³-hybridized carbons (Fsp3) is 0.158. The fourth-order valence-electron chi connectivity index (χ4n) is 2.96. The molecule has 0 aromatic heterocycles. The lowest BCUT2D eigenvalue weighted by molar-refractivity contribution is -0.135. The van der Waals surface area contributed by atoms with Crippen molar-refractivity contribution < 1.29 is 14.7 Å². The van der Waals surface area contributed by atoms with Crippen molar-refractivity contribution >= 4 is 40.0 Å². The number of aliphatic hydroxyl groups is 1. The van der Waals surface area contributed by atoms with Gasteiger partial charge in [0.25, 0.3) is 5.91 Å². The van der Waals surface area contributed by atoms with Crippen LogP contribution in [-0.4, -0.2) is 23.3 Å². The highest BCUT2D eigenvalue weighted by molar-refractivity contribution is 14.1. The van der Waals surface area contributed by atoms with Crippen molar-refractivity contribution in [3.05, 3.63) is 75.9 Å². The Morgan fingerprint density at radius 3 is 2.54 bits per heavy atom. The summed E-state index contributed by atoms with van der Waals surface area (Å²) in [5, 5.41) is 11.0. The van der Waals surface area contributed by atoms with E-state index in [0.717, 1.165) is 3.57 Å². The highest BCUT2D eigenvalue weighted by Gasteiger charge is 2.50. The lowest BCUT2D eigenvalue weighted by Crippen LogP contribution is -2.41. The molecule has 1 aliphatic rings. The molecule has 5 heteroatoms. The van der Waals surface area contributed by atoms with Crippen LogP contribution in [0, 0.1) is 3.57 Å². The van der Waals surface area contributed by atoms with Gasteiger partial charge in [0.15, 0.2) is 11.4 Å². The monoisotopic (exact) mass is 433 g/mol. The maximum Gasteiger partial charge on any atom is 0.264 e. The molecule has 0 bridgehead atoms. The average molecular weight is 433 g/mol. The summed E-state index contributed by atoms with van der Waals surface area (Å²) in [5.74, 6) is -0.750. The number of carbonyl (C=O) groups excluding carboxylic acids is 2. The Morgan fingerprint density at radius 1 is 1.21 bits per heavy atom. The van der Waals surface area contributed by atoms with E-state index >= 15 is 0 Å². The predicted molar refractivity (Wildman–Crippen MR) is 101 cm³/mol. The number of para-hydroxylation sites is 1. The molecule has 2 aromatic rings. The lowest BCUT2D eigenvalue weighted by Gasteiger charge is -2.22. The molecule has 1 aliphatic heterocycles. The molecule has 1 unspecified atom stereocenters. The zero-order valence-corrected chi connectivity index (χ0v) is 15.1. The number of hydrogen-bond donors (Lipinski definition) is 1. The zero-order chi connectivity index (χ0) is 17.3. The molecule has 1 N–H and O–H groups in total. The van der Waals surface area contributed by atoms with E-state index in [-0.39, 0.29) is 18.7 Å². The minimum Gasteiger partial charge on any atom is -0.375 e. The molecule has 24 heavy (non-hydrogen) atoms. The summed E-state index contributed by atoms with van der Waals surface area (Å²) in [4.78, 5) is 26.8. The first-order valence-corrected chi connectivity index (χ1v) is 8.59. The molecule has 3 rings (SSSR count).